The fraction of sp³-hybridized carbons (Fsp3) is 0.786. The number of hydrogen-bond donors (Lipinski definition) is 1. The van der Waals surface area contributed by atoms with Crippen LogP contribution in [0.5, 0.6) is 0 Å². The molecule has 2 rings (SSSR count). The van der Waals surface area contributed by atoms with Gasteiger partial charge in [-0.1, -0.05) is 0 Å². The van der Waals surface area contributed by atoms with Crippen molar-refractivity contribution in [1.29, 1.82) is 0 Å². The Morgan fingerprint density at radius 3 is 2.33 bits per heavy atom. The van der Waals surface area contributed by atoms with Crippen molar-refractivity contribution in [2.24, 2.45) is 0 Å². The molecule has 1 amide bonds. The molecule has 21 heavy (non-hydrogen) atoms. The van der Waals surface area contributed by atoms with Gasteiger partial charge in [0.25, 0.3) is 0 Å². The number of piperazine rings is 1. The van der Waals surface area contributed by atoms with E-state index >= 15 is 0 Å². The molecule has 7 heteroatoms. The van der Waals surface area contributed by atoms with Gasteiger partial charge in [-0.25, -0.2) is 0 Å². The minimum Gasteiger partial charge on any atom is -0.350 e. The van der Waals surface area contributed by atoms with Crippen molar-refractivity contribution < 1.29 is 4.79 Å². The zero-order chi connectivity index (χ0) is 15.5. The highest BCUT2D eigenvalue weighted by Crippen LogP contribution is 2.12. The zero-order valence-corrected chi connectivity index (χ0v) is 14.2. The second-order valence-electron chi connectivity index (χ2n) is 6.57. The van der Waals surface area contributed by atoms with Gasteiger partial charge in [0.1, 0.15) is 10.0 Å². The standard InChI is InChI=1S/C14H25N5OS/c1-11-16-17-13(21-11)10-19-7-5-18(6-8-19)9-12(20)15-14(2,3)4/h5-10H2,1-4H3,(H,15,20). The van der Waals surface area contributed by atoms with E-state index in [1.807, 2.05) is 27.7 Å². The van der Waals surface area contributed by atoms with Gasteiger partial charge in [0, 0.05) is 31.7 Å². The van der Waals surface area contributed by atoms with Crippen LogP contribution in [0, 0.1) is 6.92 Å². The highest BCUT2D eigenvalue weighted by Gasteiger charge is 2.21. The Kier molecular flexibility index (Phi) is 5.29. The molecule has 6 nitrogen and oxygen atoms in total. The molecule has 0 saturated carbocycles. The molecule has 1 fully saturated rings. The van der Waals surface area contributed by atoms with Gasteiger partial charge in [-0.3, -0.25) is 14.6 Å². The van der Waals surface area contributed by atoms with Crippen LogP contribution < -0.4 is 5.32 Å². The number of aromatic nitrogens is 2. The third kappa shape index (κ3) is 5.68. The maximum Gasteiger partial charge on any atom is 0.234 e. The van der Waals surface area contributed by atoms with Gasteiger partial charge < -0.3 is 5.32 Å². The van der Waals surface area contributed by atoms with E-state index < -0.39 is 0 Å². The van der Waals surface area contributed by atoms with Crippen LogP contribution in [0.2, 0.25) is 0 Å². The third-order valence-electron chi connectivity index (χ3n) is 3.27. The maximum atomic E-state index is 11.9. The Morgan fingerprint density at radius 1 is 1.19 bits per heavy atom. The summed E-state index contributed by atoms with van der Waals surface area (Å²) in [5, 5.41) is 13.3. The number of carbonyl (C=O) groups excluding carboxylic acids is 1. The number of nitrogens with zero attached hydrogens (tertiary/aromatic N) is 4. The molecule has 1 aliphatic heterocycles. The monoisotopic (exact) mass is 311 g/mol. The summed E-state index contributed by atoms with van der Waals surface area (Å²) in [4.78, 5) is 16.5. The first-order valence-corrected chi connectivity index (χ1v) is 8.18. The SMILES string of the molecule is Cc1nnc(CN2CCN(CC(=O)NC(C)(C)C)CC2)s1. The fourth-order valence-electron chi connectivity index (χ4n) is 2.36. The minimum absolute atomic E-state index is 0.107. The highest BCUT2D eigenvalue weighted by molar-refractivity contribution is 7.11. The van der Waals surface area contributed by atoms with E-state index in [1.165, 1.54) is 0 Å². The zero-order valence-electron chi connectivity index (χ0n) is 13.3. The van der Waals surface area contributed by atoms with Crippen LogP contribution in [0.1, 0.15) is 30.8 Å². The summed E-state index contributed by atoms with van der Waals surface area (Å²) in [6.45, 7) is 13.2. The minimum atomic E-state index is -0.158. The normalized spacial score (nSPS) is 17.9. The molecule has 0 spiro atoms. The van der Waals surface area contributed by atoms with Crippen LogP contribution in [-0.2, 0) is 11.3 Å². The van der Waals surface area contributed by atoms with Crippen molar-refractivity contribution in [2.45, 2.75) is 39.8 Å². The van der Waals surface area contributed by atoms with Crippen LogP contribution in [0.25, 0.3) is 0 Å². The average Bonchev–Trinajstić information content (AvgIpc) is 2.75. The summed E-state index contributed by atoms with van der Waals surface area (Å²) in [7, 11) is 0. The first-order valence-electron chi connectivity index (χ1n) is 7.36. The van der Waals surface area contributed by atoms with Crippen molar-refractivity contribution in [3.8, 4) is 0 Å². The Morgan fingerprint density at radius 2 is 1.81 bits per heavy atom. The van der Waals surface area contributed by atoms with Gasteiger partial charge in [0.15, 0.2) is 0 Å². The van der Waals surface area contributed by atoms with Gasteiger partial charge in [0.2, 0.25) is 5.91 Å². The lowest BCUT2D eigenvalue weighted by Crippen LogP contribution is -2.51. The Labute approximate surface area is 130 Å². The van der Waals surface area contributed by atoms with Gasteiger partial charge in [-0.05, 0) is 27.7 Å². The highest BCUT2D eigenvalue weighted by atomic mass is 32.1. The van der Waals surface area contributed by atoms with Crippen molar-refractivity contribution in [3.05, 3.63) is 10.0 Å². The molecular formula is C14H25N5OS. The predicted octanol–water partition coefficient (Wildman–Crippen LogP) is 0.879. The molecule has 0 unspecified atom stereocenters. The van der Waals surface area contributed by atoms with Crippen molar-refractivity contribution in [2.75, 3.05) is 32.7 Å². The average molecular weight is 311 g/mol. The second kappa shape index (κ2) is 6.81. The van der Waals surface area contributed by atoms with E-state index in [0.717, 1.165) is 42.7 Å². The summed E-state index contributed by atoms with van der Waals surface area (Å²) in [5.74, 6) is 0.107. The Balaban J connectivity index is 1.72. The van der Waals surface area contributed by atoms with Crippen molar-refractivity contribution >= 4 is 17.2 Å². The number of rotatable bonds is 4. The maximum absolute atomic E-state index is 11.9. The van der Waals surface area contributed by atoms with E-state index in [-0.39, 0.29) is 11.4 Å². The van der Waals surface area contributed by atoms with E-state index in [2.05, 4.69) is 25.3 Å². The van der Waals surface area contributed by atoms with Crippen LogP contribution >= 0.6 is 11.3 Å². The molecule has 0 radical (unpaired) electrons. The first-order chi connectivity index (χ1) is 9.82. The summed E-state index contributed by atoms with van der Waals surface area (Å²) in [5.41, 5.74) is -0.158. The Bertz CT molecular complexity index is 474. The largest absolute Gasteiger partial charge is 0.350 e. The molecule has 1 aliphatic rings. The molecule has 0 aromatic carbocycles. The second-order valence-corrected chi connectivity index (χ2v) is 7.83. The Hall–Kier alpha value is -1.05. The van der Waals surface area contributed by atoms with Gasteiger partial charge in [0.05, 0.1) is 13.1 Å². The molecule has 1 N–H and O–H groups in total. The number of carbonyl (C=O) groups is 1. The smallest absolute Gasteiger partial charge is 0.234 e. The molecule has 118 valence electrons. The summed E-state index contributed by atoms with van der Waals surface area (Å²) in [6, 6.07) is 0. The first kappa shape index (κ1) is 16.3. The lowest BCUT2D eigenvalue weighted by molar-refractivity contribution is -0.124. The summed E-state index contributed by atoms with van der Waals surface area (Å²) in [6.07, 6.45) is 0. The number of hydrogen-bond acceptors (Lipinski definition) is 6. The molecule has 1 aromatic rings. The van der Waals surface area contributed by atoms with Gasteiger partial charge in [-0.15, -0.1) is 21.5 Å². The quantitative estimate of drug-likeness (QED) is 0.894. The molecule has 1 saturated heterocycles. The predicted molar refractivity (Wildman–Crippen MR) is 84.3 cm³/mol. The van der Waals surface area contributed by atoms with Crippen LogP contribution in [0.4, 0.5) is 0 Å². The van der Waals surface area contributed by atoms with Crippen molar-refractivity contribution in [1.82, 2.24) is 25.3 Å². The number of nitrogens with one attached hydrogen (secondary N) is 1. The molecule has 0 bridgehead atoms. The fourth-order valence-corrected chi connectivity index (χ4v) is 3.11. The summed E-state index contributed by atoms with van der Waals surface area (Å²) >= 11 is 1.66. The van der Waals surface area contributed by atoms with Gasteiger partial charge >= 0.3 is 0 Å². The topological polar surface area (TPSA) is 61.4 Å². The van der Waals surface area contributed by atoms with Crippen LogP contribution in [0.15, 0.2) is 0 Å². The lowest BCUT2D eigenvalue weighted by atomic mass is 10.1. The van der Waals surface area contributed by atoms with E-state index in [0.29, 0.717) is 6.54 Å². The van der Waals surface area contributed by atoms with E-state index in [9.17, 15) is 4.79 Å². The number of aryl methyl sites for hydroxylation is 1. The summed E-state index contributed by atoms with van der Waals surface area (Å²) < 4.78 is 0. The van der Waals surface area contributed by atoms with Crippen molar-refractivity contribution in [3.63, 3.8) is 0 Å². The van der Waals surface area contributed by atoms with E-state index in [4.69, 9.17) is 0 Å². The molecule has 0 atom stereocenters. The molecule has 2 heterocycles. The molecule has 0 aliphatic carbocycles. The van der Waals surface area contributed by atoms with Gasteiger partial charge in [-0.2, -0.15) is 0 Å². The van der Waals surface area contributed by atoms with E-state index in [1.54, 1.807) is 11.3 Å². The van der Waals surface area contributed by atoms with Crippen LogP contribution in [0.3, 0.4) is 0 Å². The third-order valence-corrected chi connectivity index (χ3v) is 4.10. The molecular weight excluding hydrogens is 286 g/mol. The lowest BCUT2D eigenvalue weighted by Gasteiger charge is -2.34. The molecule has 1 aromatic heterocycles. The van der Waals surface area contributed by atoms with Crippen LogP contribution in [-0.4, -0.2) is 64.2 Å². The number of amides is 1.